The molecule has 0 fully saturated rings. The van der Waals surface area contributed by atoms with E-state index >= 15 is 0 Å². The third-order valence-corrected chi connectivity index (χ3v) is 4.47. The molecule has 0 radical (unpaired) electrons. The zero-order chi connectivity index (χ0) is 20.4. The molecule has 2 N–H and O–H groups in total. The van der Waals surface area contributed by atoms with Crippen molar-refractivity contribution in [1.29, 1.82) is 0 Å². The highest BCUT2D eigenvalue weighted by atomic mass is 19.2. The normalized spacial score (nSPS) is 10.9. The van der Waals surface area contributed by atoms with Crippen LogP contribution in [0.1, 0.15) is 17.3 Å². The van der Waals surface area contributed by atoms with Gasteiger partial charge >= 0.3 is 0 Å². The number of carbonyl (C=O) groups is 1. The molecule has 0 saturated heterocycles. The first kappa shape index (κ1) is 18.6. The van der Waals surface area contributed by atoms with E-state index in [9.17, 15) is 13.6 Å². The van der Waals surface area contributed by atoms with E-state index in [1.807, 2.05) is 49.4 Å². The maximum Gasteiger partial charge on any atom is 0.256 e. The summed E-state index contributed by atoms with van der Waals surface area (Å²) in [5.74, 6) is -1.59. The topological polar surface area (TPSA) is 67.0 Å². The number of H-pyrrole nitrogens is 1. The predicted octanol–water partition coefficient (Wildman–Crippen LogP) is 5.16. The Balaban J connectivity index is 1.63. The van der Waals surface area contributed by atoms with Gasteiger partial charge in [0, 0.05) is 16.5 Å². The second-order valence-corrected chi connectivity index (χ2v) is 6.34. The Hall–Kier alpha value is -3.74. The van der Waals surface area contributed by atoms with Crippen molar-refractivity contribution in [3.05, 3.63) is 77.9 Å². The van der Waals surface area contributed by atoms with Gasteiger partial charge in [0.2, 0.25) is 0 Å². The number of halogens is 2. The number of anilines is 1. The number of nitrogens with one attached hydrogen (secondary N) is 2. The maximum absolute atomic E-state index is 13.4. The van der Waals surface area contributed by atoms with Crippen LogP contribution in [0.4, 0.5) is 14.6 Å². The number of para-hydroxylation sites is 1. The highest BCUT2D eigenvalue weighted by Gasteiger charge is 2.14. The van der Waals surface area contributed by atoms with Gasteiger partial charge in [-0.2, -0.15) is 5.10 Å². The standard InChI is InChI=1S/C22H17F2N3O2/c1-2-29-20-6-4-3-5-15(20)13-7-9-16-19(12-13)26-27-21(16)25-22(28)14-8-10-17(23)18(24)11-14/h3-12H,2H2,1H3,(H2,25,26,27,28). The molecule has 0 saturated carbocycles. The van der Waals surface area contributed by atoms with Crippen LogP contribution in [0.25, 0.3) is 22.0 Å². The van der Waals surface area contributed by atoms with Crippen LogP contribution >= 0.6 is 0 Å². The van der Waals surface area contributed by atoms with Crippen LogP contribution in [-0.4, -0.2) is 22.7 Å². The molecule has 4 rings (SSSR count). The Kier molecular flexibility index (Phi) is 4.95. The molecule has 0 aliphatic carbocycles. The highest BCUT2D eigenvalue weighted by Crippen LogP contribution is 2.33. The second kappa shape index (κ2) is 7.71. The number of nitrogens with zero attached hydrogens (tertiary/aromatic N) is 1. The van der Waals surface area contributed by atoms with Crippen molar-refractivity contribution in [2.75, 3.05) is 11.9 Å². The van der Waals surface area contributed by atoms with Gasteiger partial charge in [-0.05, 0) is 48.9 Å². The Bertz CT molecular complexity index is 1200. The average molecular weight is 393 g/mol. The molecule has 5 nitrogen and oxygen atoms in total. The minimum atomic E-state index is -1.08. The number of rotatable bonds is 5. The van der Waals surface area contributed by atoms with Crippen LogP contribution in [0.5, 0.6) is 5.75 Å². The van der Waals surface area contributed by atoms with Gasteiger partial charge < -0.3 is 10.1 Å². The fraction of sp³-hybridized carbons (Fsp3) is 0.0909. The molecule has 7 heteroatoms. The summed E-state index contributed by atoms with van der Waals surface area (Å²) in [7, 11) is 0. The van der Waals surface area contributed by atoms with Gasteiger partial charge in [-0.3, -0.25) is 9.89 Å². The van der Waals surface area contributed by atoms with Crippen LogP contribution in [0.15, 0.2) is 60.7 Å². The number of aromatic nitrogens is 2. The molecule has 4 aromatic rings. The third kappa shape index (κ3) is 3.67. The van der Waals surface area contributed by atoms with E-state index in [0.717, 1.165) is 34.5 Å². The SMILES string of the molecule is CCOc1ccccc1-c1ccc2c(NC(=O)c3ccc(F)c(F)c3)n[nH]c2c1. The molecular formula is C22H17F2N3O2. The molecule has 0 spiro atoms. The number of benzene rings is 3. The first-order valence-corrected chi connectivity index (χ1v) is 9.03. The summed E-state index contributed by atoms with van der Waals surface area (Å²) in [5, 5.41) is 10.3. The van der Waals surface area contributed by atoms with Crippen molar-refractivity contribution in [2.24, 2.45) is 0 Å². The molecule has 0 bridgehead atoms. The quantitative estimate of drug-likeness (QED) is 0.492. The fourth-order valence-electron chi connectivity index (χ4n) is 3.09. The van der Waals surface area contributed by atoms with Gasteiger partial charge in [-0.15, -0.1) is 0 Å². The molecule has 1 heterocycles. The lowest BCUT2D eigenvalue weighted by atomic mass is 10.0. The summed E-state index contributed by atoms with van der Waals surface area (Å²) in [5.41, 5.74) is 2.60. The third-order valence-electron chi connectivity index (χ3n) is 4.47. The lowest BCUT2D eigenvalue weighted by Crippen LogP contribution is -2.13. The zero-order valence-corrected chi connectivity index (χ0v) is 15.5. The summed E-state index contributed by atoms with van der Waals surface area (Å²) in [6.45, 7) is 2.49. The Morgan fingerprint density at radius 3 is 2.69 bits per heavy atom. The first-order chi connectivity index (χ1) is 14.1. The van der Waals surface area contributed by atoms with Crippen molar-refractivity contribution in [3.63, 3.8) is 0 Å². The van der Waals surface area contributed by atoms with E-state index < -0.39 is 17.5 Å². The Labute approximate surface area is 165 Å². The molecule has 0 atom stereocenters. The van der Waals surface area contributed by atoms with E-state index in [2.05, 4.69) is 15.5 Å². The highest BCUT2D eigenvalue weighted by molar-refractivity contribution is 6.08. The minimum absolute atomic E-state index is 0.00214. The average Bonchev–Trinajstić information content (AvgIpc) is 3.12. The van der Waals surface area contributed by atoms with Crippen LogP contribution < -0.4 is 10.1 Å². The Morgan fingerprint density at radius 1 is 1.07 bits per heavy atom. The molecule has 29 heavy (non-hydrogen) atoms. The Morgan fingerprint density at radius 2 is 1.90 bits per heavy atom. The van der Waals surface area contributed by atoms with Crippen LogP contribution in [0, 0.1) is 11.6 Å². The molecule has 0 aliphatic rings. The smallest absolute Gasteiger partial charge is 0.256 e. The largest absolute Gasteiger partial charge is 0.493 e. The molecule has 1 aromatic heterocycles. The number of hydrogen-bond acceptors (Lipinski definition) is 3. The monoisotopic (exact) mass is 393 g/mol. The maximum atomic E-state index is 13.4. The molecule has 0 unspecified atom stereocenters. The van der Waals surface area contributed by atoms with E-state index in [4.69, 9.17) is 4.74 Å². The molecule has 146 valence electrons. The van der Waals surface area contributed by atoms with E-state index in [0.29, 0.717) is 17.8 Å². The molecule has 3 aromatic carbocycles. The molecule has 1 amide bonds. The number of ether oxygens (including phenoxy) is 1. The van der Waals surface area contributed by atoms with Gasteiger partial charge in [-0.1, -0.05) is 24.3 Å². The van der Waals surface area contributed by atoms with Crippen LogP contribution in [0.2, 0.25) is 0 Å². The van der Waals surface area contributed by atoms with Crippen LogP contribution in [0.3, 0.4) is 0 Å². The van der Waals surface area contributed by atoms with E-state index in [1.165, 1.54) is 6.07 Å². The van der Waals surface area contributed by atoms with Crippen molar-refractivity contribution in [1.82, 2.24) is 10.2 Å². The number of aromatic amines is 1. The van der Waals surface area contributed by atoms with Gasteiger partial charge in [0.05, 0.1) is 12.1 Å². The first-order valence-electron chi connectivity index (χ1n) is 9.03. The van der Waals surface area contributed by atoms with E-state index in [-0.39, 0.29) is 5.56 Å². The fourth-order valence-corrected chi connectivity index (χ4v) is 3.09. The van der Waals surface area contributed by atoms with Crippen molar-refractivity contribution in [2.45, 2.75) is 6.92 Å². The molecule has 0 aliphatic heterocycles. The summed E-state index contributed by atoms with van der Waals surface area (Å²) in [6, 6.07) is 16.3. The summed E-state index contributed by atoms with van der Waals surface area (Å²) < 4.78 is 32.1. The summed E-state index contributed by atoms with van der Waals surface area (Å²) in [6.07, 6.45) is 0. The van der Waals surface area contributed by atoms with Gasteiger partial charge in [0.15, 0.2) is 17.5 Å². The number of fused-ring (bicyclic) bond motifs is 1. The van der Waals surface area contributed by atoms with Crippen molar-refractivity contribution in [3.8, 4) is 16.9 Å². The molecular weight excluding hydrogens is 376 g/mol. The number of hydrogen-bond donors (Lipinski definition) is 2. The summed E-state index contributed by atoms with van der Waals surface area (Å²) in [4.78, 5) is 12.4. The lowest BCUT2D eigenvalue weighted by molar-refractivity contribution is 0.102. The van der Waals surface area contributed by atoms with Gasteiger partial charge in [0.1, 0.15) is 5.75 Å². The van der Waals surface area contributed by atoms with Crippen molar-refractivity contribution < 1.29 is 18.3 Å². The second-order valence-electron chi connectivity index (χ2n) is 6.34. The summed E-state index contributed by atoms with van der Waals surface area (Å²) >= 11 is 0. The van der Waals surface area contributed by atoms with Gasteiger partial charge in [0.25, 0.3) is 5.91 Å². The number of carbonyl (C=O) groups excluding carboxylic acids is 1. The van der Waals surface area contributed by atoms with Crippen LogP contribution in [-0.2, 0) is 0 Å². The lowest BCUT2D eigenvalue weighted by Gasteiger charge is -2.10. The predicted molar refractivity (Wildman–Crippen MR) is 107 cm³/mol. The van der Waals surface area contributed by atoms with Gasteiger partial charge in [-0.25, -0.2) is 8.78 Å². The number of amides is 1. The minimum Gasteiger partial charge on any atom is -0.493 e. The zero-order valence-electron chi connectivity index (χ0n) is 15.5. The van der Waals surface area contributed by atoms with E-state index in [1.54, 1.807) is 0 Å². The van der Waals surface area contributed by atoms with Crippen molar-refractivity contribution >= 4 is 22.6 Å².